The summed E-state index contributed by atoms with van der Waals surface area (Å²) in [6.45, 7) is 4.26. The van der Waals surface area contributed by atoms with E-state index in [1.54, 1.807) is 12.0 Å². The highest BCUT2D eigenvalue weighted by molar-refractivity contribution is 5.85. The molecule has 104 valence electrons. The number of methoxy groups -OCH3 is 1. The van der Waals surface area contributed by atoms with E-state index < -0.39 is 11.5 Å². The van der Waals surface area contributed by atoms with Gasteiger partial charge in [0.15, 0.2) is 0 Å². The molecular weight excluding hydrogens is 236 g/mol. The highest BCUT2D eigenvalue weighted by Gasteiger charge is 2.37. The second-order valence-electron chi connectivity index (χ2n) is 5.13. The van der Waals surface area contributed by atoms with Gasteiger partial charge in [-0.1, -0.05) is 0 Å². The van der Waals surface area contributed by atoms with Crippen molar-refractivity contribution >= 4 is 12.0 Å². The van der Waals surface area contributed by atoms with Crippen LogP contribution in [0.15, 0.2) is 0 Å². The summed E-state index contributed by atoms with van der Waals surface area (Å²) in [5, 5.41) is 9.11. The lowest BCUT2D eigenvalue weighted by atomic mass is 10.0. The minimum absolute atomic E-state index is 0.201. The minimum Gasteiger partial charge on any atom is -0.480 e. The minimum atomic E-state index is -1.20. The maximum Gasteiger partial charge on any atom is 0.329 e. The molecule has 1 aliphatic heterocycles. The molecule has 0 aromatic carbocycles. The number of carboxylic acid groups (broad SMARTS) is 1. The van der Waals surface area contributed by atoms with Crippen LogP contribution in [-0.4, -0.2) is 65.8 Å². The van der Waals surface area contributed by atoms with Crippen molar-refractivity contribution in [1.82, 2.24) is 9.80 Å². The predicted molar refractivity (Wildman–Crippen MR) is 66.5 cm³/mol. The normalized spacial score (nSPS) is 17.7. The lowest BCUT2D eigenvalue weighted by Gasteiger charge is -2.38. The Bertz CT molecular complexity index is 322. The Hall–Kier alpha value is -1.30. The predicted octanol–water partition coefficient (Wildman–Crippen LogP) is 1.01. The van der Waals surface area contributed by atoms with Gasteiger partial charge >= 0.3 is 12.0 Å². The Kier molecular flexibility index (Phi) is 4.56. The molecule has 2 amide bonds. The van der Waals surface area contributed by atoms with E-state index in [2.05, 4.69) is 0 Å². The van der Waals surface area contributed by atoms with Crippen molar-refractivity contribution in [3.05, 3.63) is 0 Å². The van der Waals surface area contributed by atoms with Crippen LogP contribution >= 0.6 is 0 Å². The van der Waals surface area contributed by atoms with E-state index in [0.29, 0.717) is 13.1 Å². The highest BCUT2D eigenvalue weighted by atomic mass is 16.5. The molecular formula is C12H22N2O4. The molecule has 0 aromatic rings. The smallest absolute Gasteiger partial charge is 0.329 e. The van der Waals surface area contributed by atoms with Crippen LogP contribution in [0.3, 0.4) is 0 Å². The fourth-order valence-corrected chi connectivity index (χ4v) is 1.88. The number of rotatable bonds is 3. The lowest BCUT2D eigenvalue weighted by Crippen LogP contribution is -2.56. The second-order valence-corrected chi connectivity index (χ2v) is 5.13. The van der Waals surface area contributed by atoms with Crippen LogP contribution in [0.1, 0.15) is 26.7 Å². The summed E-state index contributed by atoms with van der Waals surface area (Å²) in [4.78, 5) is 26.3. The molecule has 0 radical (unpaired) electrons. The molecule has 6 nitrogen and oxygen atoms in total. The van der Waals surface area contributed by atoms with Crippen LogP contribution in [0.5, 0.6) is 0 Å². The van der Waals surface area contributed by atoms with Crippen LogP contribution in [0.25, 0.3) is 0 Å². The van der Waals surface area contributed by atoms with Crippen LogP contribution in [0.4, 0.5) is 4.79 Å². The van der Waals surface area contributed by atoms with Crippen molar-refractivity contribution in [1.29, 1.82) is 0 Å². The number of urea groups is 1. The topological polar surface area (TPSA) is 70.1 Å². The van der Waals surface area contributed by atoms with Gasteiger partial charge in [-0.2, -0.15) is 0 Å². The second kappa shape index (κ2) is 5.56. The average molecular weight is 258 g/mol. The summed E-state index contributed by atoms with van der Waals surface area (Å²) in [5.74, 6) is -1.01. The fourth-order valence-electron chi connectivity index (χ4n) is 1.88. The first kappa shape index (κ1) is 14.8. The molecule has 18 heavy (non-hydrogen) atoms. The highest BCUT2D eigenvalue weighted by Crippen LogP contribution is 2.19. The molecule has 0 spiro atoms. The van der Waals surface area contributed by atoms with Crippen molar-refractivity contribution in [2.45, 2.75) is 38.3 Å². The van der Waals surface area contributed by atoms with Crippen molar-refractivity contribution in [3.63, 3.8) is 0 Å². The maximum atomic E-state index is 12.2. The molecule has 1 rings (SSSR count). The van der Waals surface area contributed by atoms with Gasteiger partial charge in [0.05, 0.1) is 6.10 Å². The molecule has 1 saturated heterocycles. The van der Waals surface area contributed by atoms with Crippen LogP contribution < -0.4 is 0 Å². The molecule has 0 aliphatic carbocycles. The summed E-state index contributed by atoms with van der Waals surface area (Å²) < 4.78 is 5.24. The van der Waals surface area contributed by atoms with E-state index in [4.69, 9.17) is 9.84 Å². The number of hydrogen-bond donors (Lipinski definition) is 1. The number of hydrogen-bond acceptors (Lipinski definition) is 3. The standard InChI is InChI=1S/C12H22N2O4/c1-12(2,10(15)16)13(3)11(17)14-7-5-9(18-4)6-8-14/h9H,5-8H2,1-4H3,(H,15,16). The Morgan fingerprint density at radius 2 is 1.83 bits per heavy atom. The summed E-state index contributed by atoms with van der Waals surface area (Å²) >= 11 is 0. The zero-order valence-corrected chi connectivity index (χ0v) is 11.5. The van der Waals surface area contributed by atoms with Gasteiger partial charge in [-0.3, -0.25) is 0 Å². The number of aliphatic carboxylic acids is 1. The zero-order chi connectivity index (χ0) is 13.9. The summed E-state index contributed by atoms with van der Waals surface area (Å²) in [5.41, 5.74) is -1.20. The van der Waals surface area contributed by atoms with Crippen molar-refractivity contribution in [2.75, 3.05) is 27.2 Å². The van der Waals surface area contributed by atoms with Gasteiger partial charge in [0.1, 0.15) is 5.54 Å². The molecule has 1 N–H and O–H groups in total. The van der Waals surface area contributed by atoms with E-state index in [9.17, 15) is 9.59 Å². The molecule has 0 bridgehead atoms. The van der Waals surface area contributed by atoms with Crippen LogP contribution in [0, 0.1) is 0 Å². The summed E-state index contributed by atoms with van der Waals surface area (Å²) in [6.07, 6.45) is 1.79. The molecule has 0 saturated carbocycles. The molecule has 0 atom stereocenters. The number of nitrogens with zero attached hydrogens (tertiary/aromatic N) is 2. The molecule has 0 unspecified atom stereocenters. The van der Waals surface area contributed by atoms with Crippen LogP contribution in [-0.2, 0) is 9.53 Å². The largest absolute Gasteiger partial charge is 0.480 e. The van der Waals surface area contributed by atoms with Crippen molar-refractivity contribution in [3.8, 4) is 0 Å². The SMILES string of the molecule is COC1CCN(C(=O)N(C)C(C)(C)C(=O)O)CC1. The number of ether oxygens (including phenoxy) is 1. The molecule has 1 aliphatic rings. The van der Waals surface area contributed by atoms with E-state index in [1.165, 1.54) is 25.8 Å². The quantitative estimate of drug-likeness (QED) is 0.820. The third kappa shape index (κ3) is 2.93. The lowest BCUT2D eigenvalue weighted by molar-refractivity contribution is -0.147. The van der Waals surface area contributed by atoms with E-state index >= 15 is 0 Å². The maximum absolute atomic E-state index is 12.2. The van der Waals surface area contributed by atoms with E-state index in [-0.39, 0.29) is 12.1 Å². The van der Waals surface area contributed by atoms with Crippen molar-refractivity contribution < 1.29 is 19.4 Å². The Labute approximate surface area is 107 Å². The summed E-state index contributed by atoms with van der Waals surface area (Å²) in [7, 11) is 3.20. The van der Waals surface area contributed by atoms with Crippen molar-refractivity contribution in [2.24, 2.45) is 0 Å². The average Bonchev–Trinajstić information content (AvgIpc) is 2.36. The first-order chi connectivity index (χ1) is 8.30. The molecule has 1 heterocycles. The number of carbonyl (C=O) groups is 2. The van der Waals surface area contributed by atoms with Gasteiger partial charge in [-0.15, -0.1) is 0 Å². The van der Waals surface area contributed by atoms with Gasteiger partial charge in [-0.25, -0.2) is 9.59 Å². The van der Waals surface area contributed by atoms with Gasteiger partial charge < -0.3 is 19.6 Å². The number of piperidine rings is 1. The van der Waals surface area contributed by atoms with E-state index in [1.807, 2.05) is 0 Å². The third-order valence-electron chi connectivity index (χ3n) is 3.69. The van der Waals surface area contributed by atoms with Gasteiger partial charge in [-0.05, 0) is 26.7 Å². The number of likely N-dealkylation sites (N-methyl/N-ethyl adjacent to an activating group) is 1. The van der Waals surface area contributed by atoms with Gasteiger partial charge in [0.25, 0.3) is 0 Å². The Morgan fingerprint density at radius 1 is 1.33 bits per heavy atom. The third-order valence-corrected chi connectivity index (χ3v) is 3.69. The zero-order valence-electron chi connectivity index (χ0n) is 11.5. The molecule has 6 heteroatoms. The fraction of sp³-hybridized carbons (Fsp3) is 0.833. The van der Waals surface area contributed by atoms with Crippen LogP contribution in [0.2, 0.25) is 0 Å². The molecule has 0 aromatic heterocycles. The van der Waals surface area contributed by atoms with Gasteiger partial charge in [0.2, 0.25) is 0 Å². The summed E-state index contributed by atoms with van der Waals surface area (Å²) in [6, 6.07) is -0.239. The van der Waals surface area contributed by atoms with E-state index in [0.717, 1.165) is 12.8 Å². The first-order valence-corrected chi connectivity index (χ1v) is 6.09. The molecule has 1 fully saturated rings. The Balaban J connectivity index is 2.63. The number of carboxylic acids is 1. The number of carbonyl (C=O) groups excluding carboxylic acids is 1. The monoisotopic (exact) mass is 258 g/mol. The number of amides is 2. The number of likely N-dealkylation sites (tertiary alicyclic amines) is 1. The first-order valence-electron chi connectivity index (χ1n) is 6.09. The Morgan fingerprint density at radius 3 is 2.22 bits per heavy atom. The van der Waals surface area contributed by atoms with Gasteiger partial charge in [0, 0.05) is 27.2 Å².